The molecule has 1 aromatic rings. The Hall–Kier alpha value is -2.32. The molecule has 1 atom stereocenters. The number of hydrogen-bond donors (Lipinski definition) is 3. The third kappa shape index (κ3) is 4.45. The van der Waals surface area contributed by atoms with Crippen molar-refractivity contribution in [3.63, 3.8) is 0 Å². The molecule has 0 fully saturated rings. The average Bonchev–Trinajstić information content (AvgIpc) is 2.33. The van der Waals surface area contributed by atoms with Gasteiger partial charge < -0.3 is 16.4 Å². The van der Waals surface area contributed by atoms with E-state index in [0.29, 0.717) is 11.4 Å². The number of anilines is 2. The Balaban J connectivity index is 2.85. The molecular weight excluding hydrogens is 242 g/mol. The van der Waals surface area contributed by atoms with Gasteiger partial charge in [-0.05, 0) is 24.6 Å². The Labute approximate surface area is 112 Å². The summed E-state index contributed by atoms with van der Waals surface area (Å²) in [5, 5.41) is 5.34. The van der Waals surface area contributed by atoms with Crippen molar-refractivity contribution in [2.75, 3.05) is 10.6 Å². The van der Waals surface area contributed by atoms with Gasteiger partial charge in [-0.2, -0.15) is 0 Å². The number of nitrogens with two attached hydrogens (primary N) is 1. The molecule has 0 aliphatic heterocycles. The summed E-state index contributed by atoms with van der Waals surface area (Å²) in [6.07, 6.45) is 5.29. The number of hydrogen-bond acceptors (Lipinski definition) is 3. The van der Waals surface area contributed by atoms with Crippen molar-refractivity contribution in [1.82, 2.24) is 0 Å². The van der Waals surface area contributed by atoms with E-state index in [1.807, 2.05) is 6.92 Å². The maximum Gasteiger partial charge on any atom is 0.242 e. The monoisotopic (exact) mass is 259 g/mol. The molecule has 5 heteroatoms. The summed E-state index contributed by atoms with van der Waals surface area (Å²) in [6.45, 7) is 3.26. The number of aryl methyl sites for hydroxylation is 1. The molecule has 1 rings (SSSR count). The van der Waals surface area contributed by atoms with Gasteiger partial charge in [-0.25, -0.2) is 0 Å². The van der Waals surface area contributed by atoms with Crippen molar-refractivity contribution in [3.8, 4) is 12.3 Å². The Bertz CT molecular complexity index is 532. The predicted octanol–water partition coefficient (Wildman–Crippen LogP) is 1.24. The topological polar surface area (TPSA) is 84.2 Å². The van der Waals surface area contributed by atoms with E-state index in [4.69, 9.17) is 12.2 Å². The Morgan fingerprint density at radius 2 is 2.11 bits per heavy atom. The van der Waals surface area contributed by atoms with E-state index >= 15 is 0 Å². The maximum atomic E-state index is 11.8. The van der Waals surface area contributed by atoms with Gasteiger partial charge in [0.1, 0.15) is 0 Å². The minimum absolute atomic E-state index is 0.176. The predicted molar refractivity (Wildman–Crippen MR) is 75.5 cm³/mol. The Kier molecular flexibility index (Phi) is 5.10. The second-order valence-electron chi connectivity index (χ2n) is 4.21. The van der Waals surface area contributed by atoms with Crippen molar-refractivity contribution >= 4 is 23.2 Å². The first-order chi connectivity index (χ1) is 8.93. The average molecular weight is 259 g/mol. The molecule has 19 heavy (non-hydrogen) atoms. The summed E-state index contributed by atoms with van der Waals surface area (Å²) in [6, 6.07) is 4.49. The second kappa shape index (κ2) is 6.57. The quantitative estimate of drug-likeness (QED) is 0.711. The van der Waals surface area contributed by atoms with Crippen LogP contribution in [0.5, 0.6) is 0 Å². The van der Waals surface area contributed by atoms with Gasteiger partial charge in [0.15, 0.2) is 0 Å². The van der Waals surface area contributed by atoms with Crippen LogP contribution in [0.2, 0.25) is 0 Å². The molecule has 1 aromatic carbocycles. The van der Waals surface area contributed by atoms with E-state index in [1.54, 1.807) is 18.2 Å². The molecule has 0 spiro atoms. The van der Waals surface area contributed by atoms with Crippen molar-refractivity contribution in [2.45, 2.75) is 26.3 Å². The molecule has 0 aliphatic carbocycles. The van der Waals surface area contributed by atoms with Gasteiger partial charge in [0, 0.05) is 24.7 Å². The van der Waals surface area contributed by atoms with Crippen LogP contribution in [-0.2, 0) is 9.59 Å². The third-order valence-corrected chi connectivity index (χ3v) is 2.49. The zero-order valence-corrected chi connectivity index (χ0v) is 11.0. The highest BCUT2D eigenvalue weighted by atomic mass is 16.2. The molecule has 0 heterocycles. The van der Waals surface area contributed by atoms with Crippen molar-refractivity contribution in [3.05, 3.63) is 23.8 Å². The summed E-state index contributed by atoms with van der Waals surface area (Å²) >= 11 is 0. The summed E-state index contributed by atoms with van der Waals surface area (Å²) in [4.78, 5) is 22.8. The van der Waals surface area contributed by atoms with Crippen LogP contribution in [0.1, 0.15) is 18.9 Å². The molecular formula is C14H17N3O2. The van der Waals surface area contributed by atoms with E-state index in [1.165, 1.54) is 6.92 Å². The number of benzene rings is 1. The summed E-state index contributed by atoms with van der Waals surface area (Å²) in [7, 11) is 0. The summed E-state index contributed by atoms with van der Waals surface area (Å²) < 4.78 is 0. The number of nitrogens with one attached hydrogen (secondary N) is 2. The van der Waals surface area contributed by atoms with Crippen LogP contribution in [0.4, 0.5) is 11.4 Å². The normalized spacial score (nSPS) is 11.3. The third-order valence-electron chi connectivity index (χ3n) is 2.49. The van der Waals surface area contributed by atoms with Crippen molar-refractivity contribution in [1.29, 1.82) is 0 Å². The fraction of sp³-hybridized carbons (Fsp3) is 0.286. The van der Waals surface area contributed by atoms with Gasteiger partial charge in [0.05, 0.1) is 6.04 Å². The van der Waals surface area contributed by atoms with E-state index in [2.05, 4.69) is 16.6 Å². The molecule has 0 aliphatic rings. The highest BCUT2D eigenvalue weighted by Gasteiger charge is 2.13. The molecule has 4 N–H and O–H groups in total. The molecule has 0 bridgehead atoms. The van der Waals surface area contributed by atoms with Crippen LogP contribution in [0.25, 0.3) is 0 Å². The van der Waals surface area contributed by atoms with Gasteiger partial charge in [0.25, 0.3) is 0 Å². The second-order valence-corrected chi connectivity index (χ2v) is 4.21. The van der Waals surface area contributed by atoms with Gasteiger partial charge in [-0.3, -0.25) is 9.59 Å². The number of carbonyl (C=O) groups excluding carboxylic acids is 2. The first-order valence-electron chi connectivity index (χ1n) is 5.82. The Morgan fingerprint density at radius 1 is 1.42 bits per heavy atom. The first kappa shape index (κ1) is 14.7. The minimum Gasteiger partial charge on any atom is -0.326 e. The number of terminal acetylenes is 1. The highest BCUT2D eigenvalue weighted by Crippen LogP contribution is 2.20. The molecule has 0 aromatic heterocycles. The van der Waals surface area contributed by atoms with Crippen LogP contribution in [0, 0.1) is 19.3 Å². The lowest BCUT2D eigenvalue weighted by Gasteiger charge is -2.13. The van der Waals surface area contributed by atoms with Crippen LogP contribution in [0.15, 0.2) is 18.2 Å². The SMILES string of the molecule is C#CCC(N)C(=O)Nc1cc(NC(C)=O)ccc1C. The lowest BCUT2D eigenvalue weighted by atomic mass is 10.1. The zero-order chi connectivity index (χ0) is 14.4. The first-order valence-corrected chi connectivity index (χ1v) is 5.82. The van der Waals surface area contributed by atoms with Gasteiger partial charge >= 0.3 is 0 Å². The van der Waals surface area contributed by atoms with E-state index in [0.717, 1.165) is 5.56 Å². The largest absolute Gasteiger partial charge is 0.326 e. The van der Waals surface area contributed by atoms with E-state index < -0.39 is 6.04 Å². The van der Waals surface area contributed by atoms with E-state index in [9.17, 15) is 9.59 Å². The van der Waals surface area contributed by atoms with E-state index in [-0.39, 0.29) is 18.2 Å². The fourth-order valence-electron chi connectivity index (χ4n) is 1.48. The molecule has 100 valence electrons. The van der Waals surface area contributed by atoms with Crippen LogP contribution in [-0.4, -0.2) is 17.9 Å². The molecule has 0 saturated carbocycles. The lowest BCUT2D eigenvalue weighted by molar-refractivity contribution is -0.117. The number of carbonyl (C=O) groups is 2. The van der Waals surface area contributed by atoms with Gasteiger partial charge in [-0.1, -0.05) is 6.07 Å². The minimum atomic E-state index is -0.742. The fourth-order valence-corrected chi connectivity index (χ4v) is 1.48. The maximum absolute atomic E-state index is 11.8. The zero-order valence-electron chi connectivity index (χ0n) is 11.0. The van der Waals surface area contributed by atoms with Crippen LogP contribution in [0.3, 0.4) is 0 Å². The standard InChI is InChI=1S/C14H17N3O2/c1-4-5-12(15)14(19)17-13-8-11(16-10(3)18)7-6-9(13)2/h1,6-8,12H,5,15H2,2-3H3,(H,16,18)(H,17,19). The Morgan fingerprint density at radius 3 is 2.68 bits per heavy atom. The number of rotatable bonds is 4. The van der Waals surface area contributed by atoms with Crippen molar-refractivity contribution in [2.24, 2.45) is 5.73 Å². The van der Waals surface area contributed by atoms with Gasteiger partial charge in [-0.15, -0.1) is 12.3 Å². The molecule has 2 amide bonds. The number of amides is 2. The molecule has 0 radical (unpaired) electrons. The van der Waals surface area contributed by atoms with Crippen LogP contribution < -0.4 is 16.4 Å². The van der Waals surface area contributed by atoms with Crippen molar-refractivity contribution < 1.29 is 9.59 Å². The van der Waals surface area contributed by atoms with Crippen LogP contribution >= 0.6 is 0 Å². The summed E-state index contributed by atoms with van der Waals surface area (Å²) in [5.74, 6) is 1.82. The summed E-state index contributed by atoms with van der Waals surface area (Å²) in [5.41, 5.74) is 7.70. The molecule has 0 saturated heterocycles. The molecule has 1 unspecified atom stereocenters. The molecule has 5 nitrogen and oxygen atoms in total. The lowest BCUT2D eigenvalue weighted by Crippen LogP contribution is -2.35. The smallest absolute Gasteiger partial charge is 0.242 e. The highest BCUT2D eigenvalue weighted by molar-refractivity contribution is 5.96. The van der Waals surface area contributed by atoms with Gasteiger partial charge in [0.2, 0.25) is 11.8 Å².